The minimum absolute atomic E-state index is 0.00916. The summed E-state index contributed by atoms with van der Waals surface area (Å²) in [6.07, 6.45) is 0.00916. The number of amides is 2. The fourth-order valence-electron chi connectivity index (χ4n) is 3.53. The van der Waals surface area contributed by atoms with E-state index in [1.807, 2.05) is 6.92 Å². The fourth-order valence-corrected chi connectivity index (χ4v) is 3.53. The summed E-state index contributed by atoms with van der Waals surface area (Å²) in [6.45, 7) is 3.71. The van der Waals surface area contributed by atoms with Crippen molar-refractivity contribution in [1.82, 2.24) is 10.4 Å². The van der Waals surface area contributed by atoms with E-state index in [9.17, 15) is 19.2 Å². The van der Waals surface area contributed by atoms with Gasteiger partial charge in [-0.3, -0.25) is 15.0 Å². The van der Waals surface area contributed by atoms with E-state index < -0.39 is 35.7 Å². The molecule has 0 aliphatic carbocycles. The topological polar surface area (TPSA) is 102 Å². The Hall–Kier alpha value is -3.68. The molecule has 8 heteroatoms. The van der Waals surface area contributed by atoms with Crippen molar-refractivity contribution in [3.63, 3.8) is 0 Å². The van der Waals surface area contributed by atoms with Gasteiger partial charge in [0, 0.05) is 17.9 Å². The number of hydrogen-bond donors (Lipinski definition) is 1. The molecule has 1 heterocycles. The number of rotatable bonds is 6. The van der Waals surface area contributed by atoms with Crippen LogP contribution in [0, 0.1) is 6.92 Å². The molecular weight excluding hydrogens is 400 g/mol. The third kappa shape index (κ3) is 4.74. The number of carbonyl (C=O) groups is 4. The predicted octanol–water partition coefficient (Wildman–Crippen LogP) is 2.37. The standard InChI is InChI=1S/C23H24N2O6/c1-4-31-23(29)20-18(15-9-11-17(12-10-15)22(28)30-3)13-19(26)25(20)24-21(27)16-7-5-14(2)6-8-16/h5-12,18,20H,4,13H2,1-3H3,(H,24,27)/t18-,20-/m0/s1. The van der Waals surface area contributed by atoms with Gasteiger partial charge >= 0.3 is 11.9 Å². The van der Waals surface area contributed by atoms with Crippen LogP contribution in [0.15, 0.2) is 48.5 Å². The second kappa shape index (κ2) is 9.42. The Bertz CT molecular complexity index is 984. The van der Waals surface area contributed by atoms with Crippen molar-refractivity contribution >= 4 is 23.8 Å². The lowest BCUT2D eigenvalue weighted by atomic mass is 9.91. The summed E-state index contributed by atoms with van der Waals surface area (Å²) >= 11 is 0. The second-order valence-electron chi connectivity index (χ2n) is 7.19. The Labute approximate surface area is 180 Å². The van der Waals surface area contributed by atoms with Crippen LogP contribution in [0.3, 0.4) is 0 Å². The highest BCUT2D eigenvalue weighted by molar-refractivity contribution is 5.98. The van der Waals surface area contributed by atoms with Crippen LogP contribution in [-0.2, 0) is 19.1 Å². The highest BCUT2D eigenvalue weighted by atomic mass is 16.5. The maximum Gasteiger partial charge on any atom is 0.337 e. The molecule has 0 spiro atoms. The Balaban J connectivity index is 1.87. The van der Waals surface area contributed by atoms with Gasteiger partial charge in [0.25, 0.3) is 5.91 Å². The zero-order chi connectivity index (χ0) is 22.5. The van der Waals surface area contributed by atoms with Crippen molar-refractivity contribution < 1.29 is 28.7 Å². The van der Waals surface area contributed by atoms with Gasteiger partial charge in [0.2, 0.25) is 5.91 Å². The van der Waals surface area contributed by atoms with E-state index in [1.165, 1.54) is 7.11 Å². The van der Waals surface area contributed by atoms with Crippen LogP contribution in [0.25, 0.3) is 0 Å². The number of ether oxygens (including phenoxy) is 2. The van der Waals surface area contributed by atoms with Crippen LogP contribution < -0.4 is 5.43 Å². The Morgan fingerprint density at radius 1 is 1.03 bits per heavy atom. The minimum atomic E-state index is -1.02. The van der Waals surface area contributed by atoms with E-state index in [4.69, 9.17) is 9.47 Å². The van der Waals surface area contributed by atoms with Crippen LogP contribution in [0.2, 0.25) is 0 Å². The Morgan fingerprint density at radius 3 is 2.23 bits per heavy atom. The van der Waals surface area contributed by atoms with Gasteiger partial charge in [-0.05, 0) is 43.7 Å². The first-order valence-corrected chi connectivity index (χ1v) is 9.90. The number of aryl methyl sites for hydroxylation is 1. The molecule has 0 radical (unpaired) electrons. The van der Waals surface area contributed by atoms with Crippen molar-refractivity contribution in [2.24, 2.45) is 0 Å². The van der Waals surface area contributed by atoms with Gasteiger partial charge in [0.15, 0.2) is 6.04 Å². The third-order valence-corrected chi connectivity index (χ3v) is 5.15. The Morgan fingerprint density at radius 2 is 1.65 bits per heavy atom. The zero-order valence-electron chi connectivity index (χ0n) is 17.6. The number of nitrogens with one attached hydrogen (secondary N) is 1. The summed E-state index contributed by atoms with van der Waals surface area (Å²) in [5.41, 5.74) is 4.95. The van der Waals surface area contributed by atoms with E-state index in [2.05, 4.69) is 5.43 Å². The maximum absolute atomic E-state index is 12.7. The molecule has 2 aromatic rings. The molecule has 0 aromatic heterocycles. The molecule has 1 fully saturated rings. The highest BCUT2D eigenvalue weighted by Crippen LogP contribution is 2.34. The first-order valence-electron chi connectivity index (χ1n) is 9.90. The maximum atomic E-state index is 12.7. The monoisotopic (exact) mass is 424 g/mol. The molecule has 2 aromatic carbocycles. The Kier molecular flexibility index (Phi) is 6.69. The van der Waals surface area contributed by atoms with Gasteiger partial charge in [-0.1, -0.05) is 29.8 Å². The zero-order valence-corrected chi connectivity index (χ0v) is 17.6. The number of hydrogen-bond acceptors (Lipinski definition) is 6. The van der Waals surface area contributed by atoms with Gasteiger partial charge < -0.3 is 9.47 Å². The second-order valence-corrected chi connectivity index (χ2v) is 7.19. The van der Waals surface area contributed by atoms with Crippen molar-refractivity contribution in [3.8, 4) is 0 Å². The average molecular weight is 424 g/mol. The molecule has 1 N–H and O–H groups in total. The number of benzene rings is 2. The van der Waals surface area contributed by atoms with Crippen LogP contribution in [-0.4, -0.2) is 48.5 Å². The van der Waals surface area contributed by atoms with Crippen molar-refractivity contribution in [2.75, 3.05) is 13.7 Å². The molecule has 8 nitrogen and oxygen atoms in total. The quantitative estimate of drug-likeness (QED) is 0.715. The number of hydrazine groups is 1. The van der Waals surface area contributed by atoms with Gasteiger partial charge in [-0.2, -0.15) is 0 Å². The molecule has 1 aliphatic rings. The van der Waals surface area contributed by atoms with E-state index >= 15 is 0 Å². The molecule has 1 saturated heterocycles. The summed E-state index contributed by atoms with van der Waals surface area (Å²) < 4.78 is 9.88. The van der Waals surface area contributed by atoms with E-state index in [0.717, 1.165) is 10.6 Å². The molecular formula is C23H24N2O6. The lowest BCUT2D eigenvalue weighted by Gasteiger charge is -2.26. The number of esters is 2. The van der Waals surface area contributed by atoms with Crippen LogP contribution in [0.5, 0.6) is 0 Å². The minimum Gasteiger partial charge on any atom is -0.465 e. The number of carbonyl (C=O) groups excluding carboxylic acids is 4. The number of methoxy groups -OCH3 is 1. The number of nitrogens with zero attached hydrogens (tertiary/aromatic N) is 1. The summed E-state index contributed by atoms with van der Waals surface area (Å²) in [5.74, 6) is -2.54. The van der Waals surface area contributed by atoms with Crippen LogP contribution in [0.4, 0.5) is 0 Å². The molecule has 2 atom stereocenters. The van der Waals surface area contributed by atoms with Gasteiger partial charge in [0.1, 0.15) is 0 Å². The molecule has 2 amide bonds. The summed E-state index contributed by atoms with van der Waals surface area (Å²) in [5, 5.41) is 1.05. The van der Waals surface area contributed by atoms with Gasteiger partial charge in [-0.15, -0.1) is 0 Å². The molecule has 3 rings (SSSR count). The highest BCUT2D eigenvalue weighted by Gasteiger charge is 2.47. The van der Waals surface area contributed by atoms with Crippen molar-refractivity contribution in [3.05, 3.63) is 70.8 Å². The van der Waals surface area contributed by atoms with Crippen LogP contribution in [0.1, 0.15) is 51.1 Å². The third-order valence-electron chi connectivity index (χ3n) is 5.15. The smallest absolute Gasteiger partial charge is 0.337 e. The summed E-state index contributed by atoms with van der Waals surface area (Å²) in [4.78, 5) is 49.8. The first kappa shape index (κ1) is 22.0. The fraction of sp³-hybridized carbons (Fsp3) is 0.304. The van der Waals surface area contributed by atoms with E-state index in [-0.39, 0.29) is 13.0 Å². The largest absolute Gasteiger partial charge is 0.465 e. The molecule has 31 heavy (non-hydrogen) atoms. The molecule has 162 valence electrons. The summed E-state index contributed by atoms with van der Waals surface area (Å²) in [7, 11) is 1.29. The molecule has 0 unspecified atom stereocenters. The normalized spacial score (nSPS) is 17.9. The van der Waals surface area contributed by atoms with Crippen LogP contribution >= 0.6 is 0 Å². The van der Waals surface area contributed by atoms with Crippen molar-refractivity contribution in [2.45, 2.75) is 32.2 Å². The van der Waals surface area contributed by atoms with E-state index in [1.54, 1.807) is 55.5 Å². The molecule has 0 bridgehead atoms. The lowest BCUT2D eigenvalue weighted by Crippen LogP contribution is -2.52. The first-order chi connectivity index (χ1) is 14.8. The molecule has 1 aliphatic heterocycles. The molecule has 0 saturated carbocycles. The lowest BCUT2D eigenvalue weighted by molar-refractivity contribution is -0.153. The average Bonchev–Trinajstić information content (AvgIpc) is 3.10. The summed E-state index contributed by atoms with van der Waals surface area (Å²) in [6, 6.07) is 12.3. The van der Waals surface area contributed by atoms with Gasteiger partial charge in [0.05, 0.1) is 19.3 Å². The SMILES string of the molecule is CCOC(=O)[C@@H]1[C@H](c2ccc(C(=O)OC)cc2)CC(=O)N1NC(=O)c1ccc(C)cc1. The predicted molar refractivity (Wildman–Crippen MR) is 111 cm³/mol. The van der Waals surface area contributed by atoms with E-state index in [0.29, 0.717) is 16.7 Å². The van der Waals surface area contributed by atoms with Crippen molar-refractivity contribution in [1.29, 1.82) is 0 Å². The van der Waals surface area contributed by atoms with Gasteiger partial charge in [-0.25, -0.2) is 14.6 Å².